The molecule has 2 N–H and O–H groups in total. The van der Waals surface area contributed by atoms with Gasteiger partial charge in [-0.15, -0.1) is 0 Å². The normalized spacial score (nSPS) is 11.5. The highest BCUT2D eigenvalue weighted by Crippen LogP contribution is 2.26. The third-order valence-electron chi connectivity index (χ3n) is 1.12. The molecule has 0 aliphatic carbocycles. The third kappa shape index (κ3) is 2.20. The van der Waals surface area contributed by atoms with Crippen molar-refractivity contribution in [3.05, 3.63) is 12.1 Å². The Hall–Kier alpha value is -0.590. The van der Waals surface area contributed by atoms with Crippen LogP contribution in [0, 0.1) is 0 Å². The van der Waals surface area contributed by atoms with Crippen LogP contribution in [-0.2, 0) is 10.0 Å². The fraction of sp³-hybridized carbons (Fsp3) is 0.333. The van der Waals surface area contributed by atoms with Crippen molar-refractivity contribution in [3.63, 3.8) is 0 Å². The summed E-state index contributed by atoms with van der Waals surface area (Å²) in [5.41, 5.74) is 0. The average Bonchev–Trinajstić information content (AvgIpc) is 2.35. The van der Waals surface area contributed by atoms with E-state index in [1.54, 1.807) is 6.07 Å². The quantitative estimate of drug-likeness (QED) is 0.796. The van der Waals surface area contributed by atoms with Crippen molar-refractivity contribution >= 4 is 21.4 Å². The topological polar surface area (TPSA) is 69.4 Å². The molecule has 0 saturated carbocycles. The fourth-order valence-electron chi connectivity index (χ4n) is 0.676. The summed E-state index contributed by atoms with van der Waals surface area (Å²) < 4.78 is 26.8. The molecule has 0 aliphatic rings. The van der Waals surface area contributed by atoms with Crippen molar-refractivity contribution in [1.29, 1.82) is 0 Å². The molecule has 0 saturated heterocycles. The molecule has 6 heteroatoms. The largest absolute Gasteiger partial charge is 0.484 e. The second kappa shape index (κ2) is 3.42. The predicted molar refractivity (Wildman–Crippen MR) is 46.9 cm³/mol. The first-order valence-corrected chi connectivity index (χ1v) is 5.65. The summed E-state index contributed by atoms with van der Waals surface area (Å²) >= 11 is 1.03. The highest BCUT2D eigenvalue weighted by molar-refractivity contribution is 7.91. The monoisotopic (exact) mass is 207 g/mol. The molecule has 1 rings (SSSR count). The lowest BCUT2D eigenvalue weighted by atomic mass is 10.6. The highest BCUT2D eigenvalue weighted by Gasteiger charge is 2.10. The number of hydrogen-bond donors (Lipinski definition) is 1. The van der Waals surface area contributed by atoms with Gasteiger partial charge in [-0.05, 0) is 19.1 Å². The minimum absolute atomic E-state index is 0.131. The smallest absolute Gasteiger partial charge is 0.247 e. The van der Waals surface area contributed by atoms with Crippen molar-refractivity contribution in [3.8, 4) is 5.06 Å². The maximum atomic E-state index is 10.8. The summed E-state index contributed by atoms with van der Waals surface area (Å²) in [6.07, 6.45) is 0. The summed E-state index contributed by atoms with van der Waals surface area (Å²) in [6, 6.07) is 3.03. The van der Waals surface area contributed by atoms with E-state index < -0.39 is 10.0 Å². The molecular weight excluding hydrogens is 198 g/mol. The van der Waals surface area contributed by atoms with E-state index in [0.717, 1.165) is 11.3 Å². The van der Waals surface area contributed by atoms with E-state index in [4.69, 9.17) is 9.88 Å². The molecular formula is C6H9NO3S2. The molecule has 1 aromatic rings. The minimum Gasteiger partial charge on any atom is -0.484 e. The molecule has 0 bridgehead atoms. The zero-order valence-corrected chi connectivity index (χ0v) is 8.11. The molecule has 0 radical (unpaired) electrons. The van der Waals surface area contributed by atoms with Gasteiger partial charge in [-0.2, -0.15) is 0 Å². The van der Waals surface area contributed by atoms with Gasteiger partial charge in [-0.1, -0.05) is 11.3 Å². The van der Waals surface area contributed by atoms with E-state index in [0.29, 0.717) is 11.7 Å². The van der Waals surface area contributed by atoms with E-state index in [9.17, 15) is 8.42 Å². The van der Waals surface area contributed by atoms with Crippen molar-refractivity contribution in [2.75, 3.05) is 6.61 Å². The maximum absolute atomic E-state index is 10.8. The molecule has 0 spiro atoms. The Kier molecular flexibility index (Phi) is 2.71. The summed E-state index contributed by atoms with van der Waals surface area (Å²) in [5.74, 6) is 0. The predicted octanol–water partition coefficient (Wildman–Crippen LogP) is 0.794. The van der Waals surface area contributed by atoms with Gasteiger partial charge in [0.15, 0.2) is 5.06 Å². The van der Waals surface area contributed by atoms with Crippen LogP contribution < -0.4 is 9.88 Å². The molecule has 4 nitrogen and oxygen atoms in total. The molecule has 0 atom stereocenters. The first-order valence-electron chi connectivity index (χ1n) is 3.29. The summed E-state index contributed by atoms with van der Waals surface area (Å²) in [6.45, 7) is 2.35. The lowest BCUT2D eigenvalue weighted by Crippen LogP contribution is -2.09. The zero-order valence-electron chi connectivity index (χ0n) is 6.48. The number of primary sulfonamides is 1. The molecule has 0 aromatic carbocycles. The SMILES string of the molecule is CCOc1ccc(S(N)(=O)=O)s1. The Morgan fingerprint density at radius 1 is 1.58 bits per heavy atom. The van der Waals surface area contributed by atoms with Crippen LogP contribution in [0.15, 0.2) is 16.3 Å². The van der Waals surface area contributed by atoms with Gasteiger partial charge in [-0.25, -0.2) is 13.6 Å². The zero-order chi connectivity index (χ0) is 9.19. The van der Waals surface area contributed by atoms with Gasteiger partial charge in [0.25, 0.3) is 0 Å². The van der Waals surface area contributed by atoms with E-state index in [-0.39, 0.29) is 4.21 Å². The Bertz CT molecular complexity index is 355. The van der Waals surface area contributed by atoms with Crippen molar-refractivity contribution in [2.24, 2.45) is 5.14 Å². The van der Waals surface area contributed by atoms with Crippen LogP contribution in [0.4, 0.5) is 0 Å². The van der Waals surface area contributed by atoms with Crippen LogP contribution >= 0.6 is 11.3 Å². The van der Waals surface area contributed by atoms with Crippen molar-refractivity contribution < 1.29 is 13.2 Å². The maximum Gasteiger partial charge on any atom is 0.247 e. The van der Waals surface area contributed by atoms with Gasteiger partial charge in [0.2, 0.25) is 10.0 Å². The van der Waals surface area contributed by atoms with Gasteiger partial charge in [0.1, 0.15) is 4.21 Å². The first-order chi connectivity index (χ1) is 5.54. The van der Waals surface area contributed by atoms with Gasteiger partial charge < -0.3 is 4.74 Å². The van der Waals surface area contributed by atoms with Gasteiger partial charge in [-0.3, -0.25) is 0 Å². The molecule has 0 fully saturated rings. The van der Waals surface area contributed by atoms with Crippen LogP contribution in [0.25, 0.3) is 0 Å². The lowest BCUT2D eigenvalue weighted by Gasteiger charge is -1.95. The second-order valence-corrected chi connectivity index (χ2v) is 4.89. The van der Waals surface area contributed by atoms with Gasteiger partial charge in [0, 0.05) is 0 Å². The lowest BCUT2D eigenvalue weighted by molar-refractivity contribution is 0.350. The molecule has 0 unspecified atom stereocenters. The molecule has 1 aromatic heterocycles. The molecule has 68 valence electrons. The van der Waals surface area contributed by atoms with E-state index in [1.165, 1.54) is 6.07 Å². The summed E-state index contributed by atoms with van der Waals surface area (Å²) in [7, 11) is -3.56. The Morgan fingerprint density at radius 3 is 2.67 bits per heavy atom. The van der Waals surface area contributed by atoms with Crippen molar-refractivity contribution in [1.82, 2.24) is 0 Å². The number of ether oxygens (including phenoxy) is 1. The third-order valence-corrected chi connectivity index (χ3v) is 3.56. The Morgan fingerprint density at radius 2 is 2.25 bits per heavy atom. The van der Waals surface area contributed by atoms with Crippen LogP contribution in [0.5, 0.6) is 5.06 Å². The van der Waals surface area contributed by atoms with E-state index in [2.05, 4.69) is 0 Å². The first kappa shape index (κ1) is 9.50. The van der Waals surface area contributed by atoms with Crippen LogP contribution in [0.1, 0.15) is 6.92 Å². The number of thiophene rings is 1. The molecule has 0 aliphatic heterocycles. The van der Waals surface area contributed by atoms with Crippen molar-refractivity contribution in [2.45, 2.75) is 11.1 Å². The Balaban J connectivity index is 2.92. The summed E-state index contributed by atoms with van der Waals surface area (Å²) in [5, 5.41) is 5.46. The minimum atomic E-state index is -3.56. The number of nitrogens with two attached hydrogens (primary N) is 1. The number of rotatable bonds is 3. The Labute approximate surface area is 75.0 Å². The van der Waals surface area contributed by atoms with Crippen LogP contribution in [0.2, 0.25) is 0 Å². The van der Waals surface area contributed by atoms with Crippen LogP contribution in [0.3, 0.4) is 0 Å². The number of sulfonamides is 1. The average molecular weight is 207 g/mol. The molecule has 12 heavy (non-hydrogen) atoms. The number of hydrogen-bond acceptors (Lipinski definition) is 4. The second-order valence-electron chi connectivity index (χ2n) is 2.05. The standard InChI is InChI=1S/C6H9NO3S2/c1-2-10-5-3-4-6(11-5)12(7,8)9/h3-4H,2H2,1H3,(H2,7,8,9). The summed E-state index contributed by atoms with van der Waals surface area (Å²) in [4.78, 5) is 0. The highest BCUT2D eigenvalue weighted by atomic mass is 32.2. The molecule has 1 heterocycles. The van der Waals surface area contributed by atoms with E-state index in [1.807, 2.05) is 6.92 Å². The van der Waals surface area contributed by atoms with Crippen LogP contribution in [-0.4, -0.2) is 15.0 Å². The molecule has 0 amide bonds. The fourth-order valence-corrected chi connectivity index (χ4v) is 2.29. The van der Waals surface area contributed by atoms with E-state index >= 15 is 0 Å². The van der Waals surface area contributed by atoms with Gasteiger partial charge >= 0.3 is 0 Å². The van der Waals surface area contributed by atoms with Gasteiger partial charge in [0.05, 0.1) is 6.61 Å².